The molecule has 2 amide bonds. The van der Waals surface area contributed by atoms with Crippen LogP contribution in [-0.4, -0.2) is 55.1 Å². The summed E-state index contributed by atoms with van der Waals surface area (Å²) in [5.41, 5.74) is 1.39. The number of hydrogen-bond donors (Lipinski definition) is 1. The third kappa shape index (κ3) is 5.38. The second-order valence-electron chi connectivity index (χ2n) is 5.65. The molecular weight excluding hydrogens is 262 g/mol. The van der Waals surface area contributed by atoms with Gasteiger partial charge in [0.1, 0.15) is 0 Å². The Balaban J connectivity index is 1.65. The van der Waals surface area contributed by atoms with Crippen molar-refractivity contribution in [2.75, 3.05) is 39.3 Å². The topological polar surface area (TPSA) is 35.6 Å². The van der Waals surface area contributed by atoms with Gasteiger partial charge in [0.2, 0.25) is 0 Å². The van der Waals surface area contributed by atoms with Gasteiger partial charge in [-0.15, -0.1) is 0 Å². The van der Waals surface area contributed by atoms with Gasteiger partial charge in [0.05, 0.1) is 0 Å². The smallest absolute Gasteiger partial charge is 0.317 e. The molecule has 0 spiro atoms. The number of amides is 2. The molecule has 1 aromatic rings. The molecule has 116 valence electrons. The average Bonchev–Trinajstić information content (AvgIpc) is 2.54. The largest absolute Gasteiger partial charge is 0.338 e. The molecule has 0 unspecified atom stereocenters. The van der Waals surface area contributed by atoms with Crippen molar-refractivity contribution in [1.82, 2.24) is 15.1 Å². The Morgan fingerprint density at radius 1 is 1.14 bits per heavy atom. The molecule has 0 saturated carbocycles. The lowest BCUT2D eigenvalue weighted by molar-refractivity contribution is 0.140. The fourth-order valence-corrected chi connectivity index (χ4v) is 2.59. The molecule has 2 rings (SSSR count). The fraction of sp³-hybridized carbons (Fsp3) is 0.588. The first-order chi connectivity index (χ1) is 10.3. The Morgan fingerprint density at radius 2 is 1.86 bits per heavy atom. The summed E-state index contributed by atoms with van der Waals surface area (Å²) in [6, 6.07) is 10.7. The van der Waals surface area contributed by atoms with Gasteiger partial charge in [-0.05, 0) is 18.4 Å². The first kappa shape index (κ1) is 15.8. The standard InChI is InChI=1S/C17H27N3O/c1-2-3-10-18-17(21)20-14-12-19(13-15-20)11-9-16-7-5-4-6-8-16/h4-8H,2-3,9-15H2,1H3,(H,18,21). The minimum atomic E-state index is 0.103. The predicted octanol–water partition coefficient (Wildman–Crippen LogP) is 2.36. The lowest BCUT2D eigenvalue weighted by Gasteiger charge is -2.34. The summed E-state index contributed by atoms with van der Waals surface area (Å²) in [6.07, 6.45) is 3.26. The van der Waals surface area contributed by atoms with E-state index < -0.39 is 0 Å². The third-order valence-corrected chi connectivity index (χ3v) is 4.03. The Hall–Kier alpha value is -1.55. The summed E-state index contributed by atoms with van der Waals surface area (Å²) in [5.74, 6) is 0. The summed E-state index contributed by atoms with van der Waals surface area (Å²) in [6.45, 7) is 7.65. The van der Waals surface area contributed by atoms with E-state index in [-0.39, 0.29) is 6.03 Å². The van der Waals surface area contributed by atoms with Gasteiger partial charge in [0, 0.05) is 39.3 Å². The highest BCUT2D eigenvalue weighted by Crippen LogP contribution is 2.05. The maximum absolute atomic E-state index is 12.0. The zero-order valence-electron chi connectivity index (χ0n) is 13.1. The van der Waals surface area contributed by atoms with Crippen LogP contribution in [0.25, 0.3) is 0 Å². The van der Waals surface area contributed by atoms with Crippen LogP contribution in [0.5, 0.6) is 0 Å². The number of nitrogens with one attached hydrogen (secondary N) is 1. The quantitative estimate of drug-likeness (QED) is 0.816. The van der Waals surface area contributed by atoms with Crippen molar-refractivity contribution < 1.29 is 4.79 Å². The predicted molar refractivity (Wildman–Crippen MR) is 86.5 cm³/mol. The van der Waals surface area contributed by atoms with Crippen LogP contribution in [0.4, 0.5) is 4.79 Å². The summed E-state index contributed by atoms with van der Waals surface area (Å²) >= 11 is 0. The van der Waals surface area contributed by atoms with E-state index in [1.54, 1.807) is 0 Å². The first-order valence-electron chi connectivity index (χ1n) is 8.08. The number of benzene rings is 1. The second-order valence-corrected chi connectivity index (χ2v) is 5.65. The van der Waals surface area contributed by atoms with Gasteiger partial charge in [0.15, 0.2) is 0 Å². The average molecular weight is 289 g/mol. The molecule has 1 fully saturated rings. The molecule has 1 aliphatic heterocycles. The molecule has 1 heterocycles. The van der Waals surface area contributed by atoms with Crippen LogP contribution < -0.4 is 5.32 Å². The van der Waals surface area contributed by atoms with Gasteiger partial charge in [-0.25, -0.2) is 4.79 Å². The number of nitrogens with zero attached hydrogens (tertiary/aromatic N) is 2. The van der Waals surface area contributed by atoms with Crippen LogP contribution in [-0.2, 0) is 6.42 Å². The van der Waals surface area contributed by atoms with Gasteiger partial charge in [-0.3, -0.25) is 4.90 Å². The minimum absolute atomic E-state index is 0.103. The molecular formula is C17H27N3O. The van der Waals surface area contributed by atoms with E-state index in [1.165, 1.54) is 5.56 Å². The zero-order chi connectivity index (χ0) is 14.9. The van der Waals surface area contributed by atoms with Crippen LogP contribution in [0, 0.1) is 0 Å². The van der Waals surface area contributed by atoms with E-state index >= 15 is 0 Å². The molecule has 1 aliphatic rings. The highest BCUT2D eigenvalue weighted by atomic mass is 16.2. The maximum atomic E-state index is 12.0. The Bertz CT molecular complexity index is 413. The molecule has 0 aromatic heterocycles. The molecule has 0 atom stereocenters. The van der Waals surface area contributed by atoms with Crippen LogP contribution in [0.15, 0.2) is 30.3 Å². The normalized spacial score (nSPS) is 16.0. The molecule has 21 heavy (non-hydrogen) atoms. The van der Waals surface area contributed by atoms with Crippen molar-refractivity contribution in [3.63, 3.8) is 0 Å². The zero-order valence-corrected chi connectivity index (χ0v) is 13.1. The van der Waals surface area contributed by atoms with E-state index in [1.807, 2.05) is 4.90 Å². The molecule has 0 bridgehead atoms. The van der Waals surface area contributed by atoms with Crippen LogP contribution >= 0.6 is 0 Å². The van der Waals surface area contributed by atoms with Gasteiger partial charge in [-0.1, -0.05) is 43.7 Å². The first-order valence-corrected chi connectivity index (χ1v) is 8.08. The molecule has 4 heteroatoms. The Kier molecular flexibility index (Phi) is 6.54. The molecule has 0 radical (unpaired) electrons. The number of carbonyl (C=O) groups excluding carboxylic acids is 1. The summed E-state index contributed by atoms with van der Waals surface area (Å²) in [5, 5.41) is 2.99. The molecule has 1 N–H and O–H groups in total. The second kappa shape index (κ2) is 8.67. The van der Waals surface area contributed by atoms with E-state index in [2.05, 4.69) is 47.5 Å². The van der Waals surface area contributed by atoms with Gasteiger partial charge >= 0.3 is 6.03 Å². The monoisotopic (exact) mass is 289 g/mol. The third-order valence-electron chi connectivity index (χ3n) is 4.03. The fourth-order valence-electron chi connectivity index (χ4n) is 2.59. The van der Waals surface area contributed by atoms with Gasteiger partial charge in [-0.2, -0.15) is 0 Å². The highest BCUT2D eigenvalue weighted by Gasteiger charge is 2.20. The van der Waals surface area contributed by atoms with Crippen molar-refractivity contribution >= 4 is 6.03 Å². The van der Waals surface area contributed by atoms with E-state index in [0.29, 0.717) is 0 Å². The maximum Gasteiger partial charge on any atom is 0.317 e. The van der Waals surface area contributed by atoms with E-state index in [0.717, 1.165) is 58.5 Å². The highest BCUT2D eigenvalue weighted by molar-refractivity contribution is 5.74. The Morgan fingerprint density at radius 3 is 2.52 bits per heavy atom. The van der Waals surface area contributed by atoms with Crippen molar-refractivity contribution in [2.45, 2.75) is 26.2 Å². The Labute approximate surface area is 128 Å². The van der Waals surface area contributed by atoms with Crippen LogP contribution in [0.2, 0.25) is 0 Å². The molecule has 4 nitrogen and oxygen atoms in total. The van der Waals surface area contributed by atoms with Crippen molar-refractivity contribution in [3.05, 3.63) is 35.9 Å². The van der Waals surface area contributed by atoms with E-state index in [4.69, 9.17) is 0 Å². The summed E-state index contributed by atoms with van der Waals surface area (Å²) in [7, 11) is 0. The lowest BCUT2D eigenvalue weighted by Crippen LogP contribution is -2.52. The van der Waals surface area contributed by atoms with Gasteiger partial charge in [0.25, 0.3) is 0 Å². The number of rotatable bonds is 6. The van der Waals surface area contributed by atoms with E-state index in [9.17, 15) is 4.79 Å². The summed E-state index contributed by atoms with van der Waals surface area (Å²) < 4.78 is 0. The molecule has 1 saturated heterocycles. The minimum Gasteiger partial charge on any atom is -0.338 e. The van der Waals surface area contributed by atoms with Gasteiger partial charge < -0.3 is 10.2 Å². The molecule has 0 aliphatic carbocycles. The summed E-state index contributed by atoms with van der Waals surface area (Å²) in [4.78, 5) is 16.3. The molecule has 1 aromatic carbocycles. The van der Waals surface area contributed by atoms with Crippen molar-refractivity contribution in [1.29, 1.82) is 0 Å². The number of piperazine rings is 1. The lowest BCUT2D eigenvalue weighted by atomic mass is 10.1. The number of hydrogen-bond acceptors (Lipinski definition) is 2. The number of carbonyl (C=O) groups is 1. The van der Waals surface area contributed by atoms with Crippen molar-refractivity contribution in [2.24, 2.45) is 0 Å². The van der Waals surface area contributed by atoms with Crippen molar-refractivity contribution in [3.8, 4) is 0 Å². The number of unbranched alkanes of at least 4 members (excludes halogenated alkanes) is 1. The number of urea groups is 1. The van der Waals surface area contributed by atoms with Crippen LogP contribution in [0.1, 0.15) is 25.3 Å². The van der Waals surface area contributed by atoms with Crippen LogP contribution in [0.3, 0.4) is 0 Å². The SMILES string of the molecule is CCCCNC(=O)N1CCN(CCc2ccccc2)CC1.